The third kappa shape index (κ3) is 2.40. The standard InChI is InChI=1S/C23H12Cl2N2/c24-14-7-5-13(6-8-14)21-18-11-15(25)9-10-16(18)19(12-26)22-17-3-1-2-4-20(17)27-23(21)22/h1-11,27H. The van der Waals surface area contributed by atoms with E-state index in [0.717, 1.165) is 43.7 Å². The van der Waals surface area contributed by atoms with E-state index in [1.165, 1.54) is 0 Å². The van der Waals surface area contributed by atoms with Crippen LogP contribution in [0.2, 0.25) is 10.0 Å². The molecule has 5 aromatic rings. The summed E-state index contributed by atoms with van der Waals surface area (Å²) in [6, 6.07) is 23.9. The maximum atomic E-state index is 9.96. The largest absolute Gasteiger partial charge is 0.354 e. The molecular formula is C23H12Cl2N2. The summed E-state index contributed by atoms with van der Waals surface area (Å²) in [5.74, 6) is 0. The average Bonchev–Trinajstić information content (AvgIpc) is 3.06. The molecule has 0 fully saturated rings. The van der Waals surface area contributed by atoms with Crippen LogP contribution in [-0.2, 0) is 0 Å². The van der Waals surface area contributed by atoms with Crippen molar-refractivity contribution < 1.29 is 0 Å². The number of nitrogens with zero attached hydrogens (tertiary/aromatic N) is 1. The number of benzene rings is 4. The highest BCUT2D eigenvalue weighted by Gasteiger charge is 2.19. The Labute approximate surface area is 165 Å². The molecule has 0 saturated carbocycles. The van der Waals surface area contributed by atoms with Crippen molar-refractivity contribution in [1.82, 2.24) is 4.98 Å². The van der Waals surface area contributed by atoms with Crippen LogP contribution >= 0.6 is 23.2 Å². The second-order valence-electron chi connectivity index (χ2n) is 6.48. The lowest BCUT2D eigenvalue weighted by Gasteiger charge is -2.12. The van der Waals surface area contributed by atoms with Crippen LogP contribution in [-0.4, -0.2) is 4.98 Å². The van der Waals surface area contributed by atoms with Crippen molar-refractivity contribution in [2.24, 2.45) is 0 Å². The number of aromatic amines is 1. The van der Waals surface area contributed by atoms with Crippen LogP contribution in [0.4, 0.5) is 0 Å². The quantitative estimate of drug-likeness (QED) is 0.322. The summed E-state index contributed by atoms with van der Waals surface area (Å²) in [5.41, 5.74) is 4.64. The molecule has 128 valence electrons. The summed E-state index contributed by atoms with van der Waals surface area (Å²) in [5, 5.41) is 15.1. The fraction of sp³-hybridized carbons (Fsp3) is 0. The Hall–Kier alpha value is -2.99. The van der Waals surface area contributed by atoms with Crippen LogP contribution in [0.15, 0.2) is 66.7 Å². The van der Waals surface area contributed by atoms with E-state index < -0.39 is 0 Å². The Balaban J connectivity index is 2.09. The zero-order valence-corrected chi connectivity index (χ0v) is 15.6. The van der Waals surface area contributed by atoms with E-state index in [1.807, 2.05) is 66.7 Å². The Morgan fingerprint density at radius 1 is 0.778 bits per heavy atom. The van der Waals surface area contributed by atoms with Gasteiger partial charge in [0.25, 0.3) is 0 Å². The van der Waals surface area contributed by atoms with Crippen LogP contribution in [0.25, 0.3) is 43.7 Å². The molecule has 27 heavy (non-hydrogen) atoms. The summed E-state index contributed by atoms with van der Waals surface area (Å²) in [4.78, 5) is 3.52. The molecule has 1 heterocycles. The van der Waals surface area contributed by atoms with Gasteiger partial charge in [-0.15, -0.1) is 0 Å². The number of aromatic nitrogens is 1. The van der Waals surface area contributed by atoms with E-state index in [2.05, 4.69) is 11.1 Å². The van der Waals surface area contributed by atoms with Gasteiger partial charge in [-0.3, -0.25) is 0 Å². The van der Waals surface area contributed by atoms with E-state index in [9.17, 15) is 5.26 Å². The van der Waals surface area contributed by atoms with Crippen LogP contribution in [0.1, 0.15) is 5.56 Å². The molecule has 4 heteroatoms. The first-order valence-electron chi connectivity index (χ1n) is 8.49. The maximum Gasteiger partial charge on any atom is 0.101 e. The molecule has 0 amide bonds. The number of para-hydroxylation sites is 1. The molecule has 5 rings (SSSR count). The highest BCUT2D eigenvalue weighted by Crippen LogP contribution is 2.42. The zero-order chi connectivity index (χ0) is 18.5. The summed E-state index contributed by atoms with van der Waals surface area (Å²) < 4.78 is 0. The molecular weight excluding hydrogens is 375 g/mol. The monoisotopic (exact) mass is 386 g/mol. The van der Waals surface area contributed by atoms with E-state index in [1.54, 1.807) is 0 Å². The second kappa shape index (κ2) is 6.03. The number of fused-ring (bicyclic) bond motifs is 4. The minimum absolute atomic E-state index is 0.636. The van der Waals surface area contributed by atoms with Crippen LogP contribution in [0.3, 0.4) is 0 Å². The minimum atomic E-state index is 0.636. The number of nitrogens with one attached hydrogen (secondary N) is 1. The predicted octanol–water partition coefficient (Wildman–Crippen LogP) is 7.32. The first-order chi connectivity index (χ1) is 13.2. The molecule has 0 saturated heterocycles. The van der Waals surface area contributed by atoms with Gasteiger partial charge in [0.05, 0.1) is 11.1 Å². The molecule has 0 radical (unpaired) electrons. The van der Waals surface area contributed by atoms with Crippen LogP contribution in [0, 0.1) is 11.3 Å². The van der Waals surface area contributed by atoms with Gasteiger partial charge in [-0.2, -0.15) is 5.26 Å². The first-order valence-corrected chi connectivity index (χ1v) is 9.24. The Kier molecular flexibility index (Phi) is 3.62. The first kappa shape index (κ1) is 16.2. The summed E-state index contributed by atoms with van der Waals surface area (Å²) in [6.07, 6.45) is 0. The van der Waals surface area contributed by atoms with Crippen LogP contribution < -0.4 is 0 Å². The van der Waals surface area contributed by atoms with Gasteiger partial charge in [-0.1, -0.05) is 59.6 Å². The lowest BCUT2D eigenvalue weighted by Crippen LogP contribution is -1.89. The maximum absolute atomic E-state index is 9.96. The lowest BCUT2D eigenvalue weighted by molar-refractivity contribution is 1.51. The fourth-order valence-corrected chi connectivity index (χ4v) is 4.13. The number of hydrogen-bond donors (Lipinski definition) is 1. The van der Waals surface area contributed by atoms with E-state index in [-0.39, 0.29) is 0 Å². The SMILES string of the molecule is N#Cc1c2ccc(Cl)cc2c(-c2ccc(Cl)cc2)c2[nH]c3ccccc3c12. The van der Waals surface area contributed by atoms with Gasteiger partial charge < -0.3 is 4.98 Å². The molecule has 0 unspecified atom stereocenters. The molecule has 0 atom stereocenters. The van der Waals surface area contributed by atoms with Gasteiger partial charge in [0.1, 0.15) is 6.07 Å². The lowest BCUT2D eigenvalue weighted by atomic mass is 9.91. The Bertz CT molecular complexity index is 1390. The molecule has 4 aromatic carbocycles. The molecule has 2 nitrogen and oxygen atoms in total. The van der Waals surface area contributed by atoms with Gasteiger partial charge in [-0.25, -0.2) is 0 Å². The number of nitriles is 1. The highest BCUT2D eigenvalue weighted by atomic mass is 35.5. The van der Waals surface area contributed by atoms with E-state index in [4.69, 9.17) is 23.2 Å². The highest BCUT2D eigenvalue weighted by molar-refractivity contribution is 6.32. The predicted molar refractivity (Wildman–Crippen MR) is 113 cm³/mol. The van der Waals surface area contributed by atoms with Gasteiger partial charge in [0.15, 0.2) is 0 Å². The fourth-order valence-electron chi connectivity index (χ4n) is 3.83. The number of H-pyrrole nitrogens is 1. The van der Waals surface area contributed by atoms with Crippen molar-refractivity contribution in [3.8, 4) is 17.2 Å². The third-order valence-corrected chi connectivity index (χ3v) is 5.46. The average molecular weight is 387 g/mol. The van der Waals surface area contributed by atoms with Crippen LogP contribution in [0.5, 0.6) is 0 Å². The van der Waals surface area contributed by atoms with Crippen molar-refractivity contribution in [1.29, 1.82) is 5.26 Å². The van der Waals surface area contributed by atoms with E-state index in [0.29, 0.717) is 15.6 Å². The van der Waals surface area contributed by atoms with Crippen molar-refractivity contribution >= 4 is 55.8 Å². The third-order valence-electron chi connectivity index (χ3n) is 4.97. The molecule has 0 aliphatic heterocycles. The summed E-state index contributed by atoms with van der Waals surface area (Å²) in [6.45, 7) is 0. The number of rotatable bonds is 1. The number of hydrogen-bond acceptors (Lipinski definition) is 1. The Morgan fingerprint density at radius 3 is 2.30 bits per heavy atom. The van der Waals surface area contributed by atoms with Crippen molar-refractivity contribution in [3.63, 3.8) is 0 Å². The molecule has 1 aromatic heterocycles. The van der Waals surface area contributed by atoms with Gasteiger partial charge in [-0.05, 0) is 41.3 Å². The molecule has 0 spiro atoms. The van der Waals surface area contributed by atoms with Crippen molar-refractivity contribution in [2.75, 3.05) is 0 Å². The number of halogens is 2. The van der Waals surface area contributed by atoms with Gasteiger partial charge >= 0.3 is 0 Å². The molecule has 0 aliphatic carbocycles. The van der Waals surface area contributed by atoms with Gasteiger partial charge in [0, 0.05) is 37.3 Å². The molecule has 0 bridgehead atoms. The topological polar surface area (TPSA) is 39.6 Å². The van der Waals surface area contributed by atoms with Crippen molar-refractivity contribution in [2.45, 2.75) is 0 Å². The smallest absolute Gasteiger partial charge is 0.101 e. The summed E-state index contributed by atoms with van der Waals surface area (Å²) in [7, 11) is 0. The van der Waals surface area contributed by atoms with Gasteiger partial charge in [0.2, 0.25) is 0 Å². The minimum Gasteiger partial charge on any atom is -0.354 e. The summed E-state index contributed by atoms with van der Waals surface area (Å²) >= 11 is 12.4. The Morgan fingerprint density at radius 2 is 1.52 bits per heavy atom. The normalized spacial score (nSPS) is 11.3. The zero-order valence-electron chi connectivity index (χ0n) is 14.1. The second-order valence-corrected chi connectivity index (χ2v) is 7.35. The molecule has 1 N–H and O–H groups in total. The molecule has 0 aliphatic rings. The van der Waals surface area contributed by atoms with Crippen molar-refractivity contribution in [3.05, 3.63) is 82.3 Å². The van der Waals surface area contributed by atoms with E-state index >= 15 is 0 Å².